The van der Waals surface area contributed by atoms with Gasteiger partial charge in [0.1, 0.15) is 0 Å². The molecule has 0 radical (unpaired) electrons. The minimum Gasteiger partial charge on any atom is -0.378 e. The molecule has 2 atom stereocenters. The van der Waals surface area contributed by atoms with Crippen LogP contribution in [0, 0.1) is 0 Å². The second-order valence-corrected chi connectivity index (χ2v) is 5.80. The molecule has 24 heavy (non-hydrogen) atoms. The summed E-state index contributed by atoms with van der Waals surface area (Å²) in [5.41, 5.74) is 0.0891. The van der Waals surface area contributed by atoms with Crippen LogP contribution in [0.3, 0.4) is 0 Å². The SMILES string of the molecule is CC(Cc1ccc(C(F)(F)F)cc1)NC(=O)CC1COCCN1.Cl. The van der Waals surface area contributed by atoms with Gasteiger partial charge in [-0.15, -0.1) is 12.4 Å². The van der Waals surface area contributed by atoms with E-state index in [1.165, 1.54) is 12.1 Å². The molecule has 1 aliphatic rings. The minimum absolute atomic E-state index is 0. The van der Waals surface area contributed by atoms with Gasteiger partial charge in [0.25, 0.3) is 0 Å². The number of halogens is 4. The van der Waals surface area contributed by atoms with Crippen LogP contribution in [-0.4, -0.2) is 37.7 Å². The van der Waals surface area contributed by atoms with Crippen molar-refractivity contribution in [1.29, 1.82) is 0 Å². The number of nitrogens with one attached hydrogen (secondary N) is 2. The molecule has 1 aromatic carbocycles. The topological polar surface area (TPSA) is 50.4 Å². The van der Waals surface area contributed by atoms with Crippen molar-refractivity contribution >= 4 is 18.3 Å². The van der Waals surface area contributed by atoms with E-state index >= 15 is 0 Å². The van der Waals surface area contributed by atoms with E-state index in [0.717, 1.165) is 24.2 Å². The summed E-state index contributed by atoms with van der Waals surface area (Å²) in [4.78, 5) is 11.9. The zero-order chi connectivity index (χ0) is 16.9. The molecule has 2 unspecified atom stereocenters. The normalized spacial score (nSPS) is 19.2. The van der Waals surface area contributed by atoms with Crippen LogP contribution < -0.4 is 10.6 Å². The van der Waals surface area contributed by atoms with E-state index in [1.54, 1.807) is 0 Å². The van der Waals surface area contributed by atoms with Crippen LogP contribution in [0.4, 0.5) is 13.2 Å². The first-order chi connectivity index (χ1) is 10.8. The molecule has 4 nitrogen and oxygen atoms in total. The molecule has 0 aromatic heterocycles. The van der Waals surface area contributed by atoms with Gasteiger partial charge in [-0.05, 0) is 31.0 Å². The number of alkyl halides is 3. The molecule has 0 aliphatic carbocycles. The summed E-state index contributed by atoms with van der Waals surface area (Å²) in [5.74, 6) is -0.0904. The van der Waals surface area contributed by atoms with Crippen LogP contribution in [0.5, 0.6) is 0 Å². The van der Waals surface area contributed by atoms with Crippen LogP contribution in [0.15, 0.2) is 24.3 Å². The van der Waals surface area contributed by atoms with Crippen molar-refractivity contribution in [2.24, 2.45) is 0 Å². The number of carbonyl (C=O) groups is 1. The Morgan fingerprint density at radius 1 is 1.38 bits per heavy atom. The van der Waals surface area contributed by atoms with Gasteiger partial charge in [-0.3, -0.25) is 4.79 Å². The van der Waals surface area contributed by atoms with Crippen molar-refractivity contribution in [2.45, 2.75) is 38.0 Å². The van der Waals surface area contributed by atoms with Crippen molar-refractivity contribution in [3.63, 3.8) is 0 Å². The summed E-state index contributed by atoms with van der Waals surface area (Å²) in [5, 5.41) is 6.06. The van der Waals surface area contributed by atoms with Gasteiger partial charge in [-0.1, -0.05) is 12.1 Å². The summed E-state index contributed by atoms with van der Waals surface area (Å²) in [7, 11) is 0. The van der Waals surface area contributed by atoms with Crippen LogP contribution in [-0.2, 0) is 22.1 Å². The Morgan fingerprint density at radius 3 is 2.58 bits per heavy atom. The minimum atomic E-state index is -4.33. The molecule has 0 spiro atoms. The number of hydrogen-bond donors (Lipinski definition) is 2. The monoisotopic (exact) mass is 366 g/mol. The van der Waals surface area contributed by atoms with Gasteiger partial charge in [0.2, 0.25) is 5.91 Å². The van der Waals surface area contributed by atoms with Crippen molar-refractivity contribution in [3.8, 4) is 0 Å². The Balaban J connectivity index is 0.00000288. The first kappa shape index (κ1) is 20.7. The van der Waals surface area contributed by atoms with Gasteiger partial charge in [0.05, 0.1) is 18.8 Å². The zero-order valence-corrected chi connectivity index (χ0v) is 14.2. The number of benzene rings is 1. The molecule has 0 bridgehead atoms. The zero-order valence-electron chi connectivity index (χ0n) is 13.4. The van der Waals surface area contributed by atoms with Crippen LogP contribution in [0.1, 0.15) is 24.5 Å². The first-order valence-electron chi connectivity index (χ1n) is 7.61. The Hall–Kier alpha value is -1.31. The van der Waals surface area contributed by atoms with E-state index in [9.17, 15) is 18.0 Å². The standard InChI is InChI=1S/C16H21F3N2O2.ClH/c1-11(21-15(22)9-14-10-23-7-6-20-14)8-12-2-4-13(5-3-12)16(17,18)19;/h2-5,11,14,20H,6-10H2,1H3,(H,21,22);1H. The lowest BCUT2D eigenvalue weighted by atomic mass is 10.0. The molecule has 0 saturated carbocycles. The fraction of sp³-hybridized carbons (Fsp3) is 0.562. The summed E-state index contributed by atoms with van der Waals surface area (Å²) in [6.07, 6.45) is -3.51. The van der Waals surface area contributed by atoms with E-state index < -0.39 is 11.7 Å². The summed E-state index contributed by atoms with van der Waals surface area (Å²) >= 11 is 0. The third-order valence-corrected chi connectivity index (χ3v) is 3.66. The second-order valence-electron chi connectivity index (χ2n) is 5.80. The summed E-state index contributed by atoms with van der Waals surface area (Å²) in [6, 6.07) is 4.88. The van der Waals surface area contributed by atoms with Gasteiger partial charge in [-0.25, -0.2) is 0 Å². The summed E-state index contributed by atoms with van der Waals surface area (Å²) < 4.78 is 42.8. The molecule has 1 aliphatic heterocycles. The third kappa shape index (κ3) is 6.67. The number of ether oxygens (including phenoxy) is 1. The molecular formula is C16H22ClF3N2O2. The Morgan fingerprint density at radius 2 is 2.04 bits per heavy atom. The van der Waals surface area contributed by atoms with Gasteiger partial charge in [0.15, 0.2) is 0 Å². The maximum Gasteiger partial charge on any atom is 0.416 e. The van der Waals surface area contributed by atoms with Crippen molar-refractivity contribution in [2.75, 3.05) is 19.8 Å². The molecule has 1 saturated heterocycles. The molecule has 136 valence electrons. The van der Waals surface area contributed by atoms with E-state index in [1.807, 2.05) is 6.92 Å². The molecule has 1 aromatic rings. The van der Waals surface area contributed by atoms with Crippen LogP contribution in [0.2, 0.25) is 0 Å². The predicted molar refractivity (Wildman–Crippen MR) is 87.2 cm³/mol. The maximum absolute atomic E-state index is 12.5. The Labute approximate surface area is 145 Å². The smallest absolute Gasteiger partial charge is 0.378 e. The Kier molecular flexibility index (Phi) is 7.99. The number of amides is 1. The molecule has 2 rings (SSSR count). The Bertz CT molecular complexity index is 517. The van der Waals surface area contributed by atoms with Crippen molar-refractivity contribution < 1.29 is 22.7 Å². The molecule has 8 heteroatoms. The van der Waals surface area contributed by atoms with Gasteiger partial charge in [-0.2, -0.15) is 13.2 Å². The lowest BCUT2D eigenvalue weighted by Gasteiger charge is -2.24. The first-order valence-corrected chi connectivity index (χ1v) is 7.61. The average Bonchev–Trinajstić information content (AvgIpc) is 2.47. The van der Waals surface area contributed by atoms with Crippen molar-refractivity contribution in [1.82, 2.24) is 10.6 Å². The van der Waals surface area contributed by atoms with Crippen LogP contribution >= 0.6 is 12.4 Å². The molecule has 1 heterocycles. The number of carbonyl (C=O) groups excluding carboxylic acids is 1. The summed E-state index contributed by atoms with van der Waals surface area (Å²) in [6.45, 7) is 3.74. The van der Waals surface area contributed by atoms with Crippen LogP contribution in [0.25, 0.3) is 0 Å². The van der Waals surface area contributed by atoms with Gasteiger partial charge >= 0.3 is 6.18 Å². The quantitative estimate of drug-likeness (QED) is 0.842. The van der Waals surface area contributed by atoms with Crippen molar-refractivity contribution in [3.05, 3.63) is 35.4 Å². The third-order valence-electron chi connectivity index (χ3n) is 3.66. The largest absolute Gasteiger partial charge is 0.416 e. The predicted octanol–water partition coefficient (Wildman–Crippen LogP) is 2.55. The highest BCUT2D eigenvalue weighted by Crippen LogP contribution is 2.29. The van der Waals surface area contributed by atoms with E-state index in [4.69, 9.17) is 4.74 Å². The second kappa shape index (κ2) is 9.25. The molecule has 2 N–H and O–H groups in total. The van der Waals surface area contributed by atoms with E-state index in [0.29, 0.717) is 26.1 Å². The lowest BCUT2D eigenvalue weighted by molar-refractivity contribution is -0.137. The fourth-order valence-corrected chi connectivity index (χ4v) is 2.54. The molecular weight excluding hydrogens is 345 g/mol. The number of morpholine rings is 1. The van der Waals surface area contributed by atoms with Gasteiger partial charge < -0.3 is 15.4 Å². The highest BCUT2D eigenvalue weighted by Gasteiger charge is 2.30. The fourth-order valence-electron chi connectivity index (χ4n) is 2.54. The highest BCUT2D eigenvalue weighted by atomic mass is 35.5. The number of hydrogen-bond acceptors (Lipinski definition) is 3. The van der Waals surface area contributed by atoms with E-state index in [-0.39, 0.29) is 30.4 Å². The maximum atomic E-state index is 12.5. The van der Waals surface area contributed by atoms with E-state index in [2.05, 4.69) is 10.6 Å². The number of rotatable bonds is 5. The highest BCUT2D eigenvalue weighted by molar-refractivity contribution is 5.85. The molecule has 1 amide bonds. The lowest BCUT2D eigenvalue weighted by Crippen LogP contribution is -2.45. The van der Waals surface area contributed by atoms with Gasteiger partial charge in [0, 0.05) is 25.0 Å². The average molecular weight is 367 g/mol. The molecule has 1 fully saturated rings.